The van der Waals surface area contributed by atoms with Gasteiger partial charge in [-0.1, -0.05) is 38.1 Å². The molecular weight excluding hydrogens is 392 g/mol. The zero-order chi connectivity index (χ0) is 22.8. The summed E-state index contributed by atoms with van der Waals surface area (Å²) in [6.45, 7) is 6.28. The van der Waals surface area contributed by atoms with Crippen molar-refractivity contribution in [2.24, 2.45) is 0 Å². The first-order valence-corrected chi connectivity index (χ1v) is 10.8. The normalized spacial score (nSPS) is 12.5. The van der Waals surface area contributed by atoms with Crippen molar-refractivity contribution in [3.63, 3.8) is 0 Å². The molecule has 0 radical (unpaired) electrons. The predicted molar refractivity (Wildman–Crippen MR) is 122 cm³/mol. The van der Waals surface area contributed by atoms with Crippen LogP contribution in [0.4, 0.5) is 0 Å². The lowest BCUT2D eigenvalue weighted by Gasteiger charge is -2.31. The zero-order valence-electron chi connectivity index (χ0n) is 19.2. The van der Waals surface area contributed by atoms with Crippen LogP contribution >= 0.6 is 0 Å². The number of methoxy groups -OCH3 is 2. The van der Waals surface area contributed by atoms with E-state index in [1.54, 1.807) is 19.1 Å². The molecule has 2 atom stereocenters. The molecule has 0 saturated carbocycles. The van der Waals surface area contributed by atoms with Crippen molar-refractivity contribution in [2.45, 2.75) is 58.7 Å². The second-order valence-electron chi connectivity index (χ2n) is 7.64. The Morgan fingerprint density at radius 3 is 1.84 bits per heavy atom. The second kappa shape index (κ2) is 12.0. The monoisotopic (exact) mass is 426 g/mol. The van der Waals surface area contributed by atoms with Crippen LogP contribution in [0.1, 0.15) is 44.7 Å². The van der Waals surface area contributed by atoms with E-state index in [1.165, 1.54) is 0 Å². The highest BCUT2D eigenvalue weighted by atomic mass is 16.5. The van der Waals surface area contributed by atoms with Crippen LogP contribution in [0.15, 0.2) is 48.5 Å². The summed E-state index contributed by atoms with van der Waals surface area (Å²) in [7, 11) is 3.23. The molecule has 2 amide bonds. The molecule has 0 aliphatic heterocycles. The summed E-state index contributed by atoms with van der Waals surface area (Å²) in [5.41, 5.74) is 1.82. The van der Waals surface area contributed by atoms with E-state index in [-0.39, 0.29) is 24.3 Å². The number of hydrogen-bond donors (Lipinski definition) is 1. The summed E-state index contributed by atoms with van der Waals surface area (Å²) in [6, 6.07) is 14.5. The van der Waals surface area contributed by atoms with Crippen molar-refractivity contribution in [2.75, 3.05) is 14.2 Å². The lowest BCUT2D eigenvalue weighted by atomic mass is 10.1. The molecule has 0 saturated heterocycles. The van der Waals surface area contributed by atoms with Gasteiger partial charge in [0.05, 0.1) is 20.6 Å². The number of carbonyl (C=O) groups excluding carboxylic acids is 2. The molecule has 2 rings (SSSR count). The number of ether oxygens (including phenoxy) is 2. The van der Waals surface area contributed by atoms with E-state index in [9.17, 15) is 9.59 Å². The first-order valence-electron chi connectivity index (χ1n) is 10.8. The summed E-state index contributed by atoms with van der Waals surface area (Å²) in [6.07, 6.45) is 1.58. The molecule has 6 nitrogen and oxygen atoms in total. The number of benzene rings is 2. The Hall–Kier alpha value is -3.02. The van der Waals surface area contributed by atoms with Crippen molar-refractivity contribution in [3.05, 3.63) is 59.7 Å². The minimum atomic E-state index is -0.540. The van der Waals surface area contributed by atoms with Crippen LogP contribution in [0, 0.1) is 0 Å². The van der Waals surface area contributed by atoms with E-state index in [2.05, 4.69) is 5.32 Å². The quantitative estimate of drug-likeness (QED) is 0.590. The molecule has 6 heteroatoms. The molecule has 0 aliphatic carbocycles. The fourth-order valence-electron chi connectivity index (χ4n) is 3.31. The average molecular weight is 427 g/mol. The number of carbonyl (C=O) groups is 2. The van der Waals surface area contributed by atoms with Crippen molar-refractivity contribution >= 4 is 11.8 Å². The number of nitrogens with one attached hydrogen (secondary N) is 1. The van der Waals surface area contributed by atoms with Crippen LogP contribution < -0.4 is 14.8 Å². The molecule has 0 spiro atoms. The van der Waals surface area contributed by atoms with Gasteiger partial charge >= 0.3 is 0 Å². The van der Waals surface area contributed by atoms with Gasteiger partial charge in [0, 0.05) is 12.6 Å². The topological polar surface area (TPSA) is 67.9 Å². The molecule has 1 N–H and O–H groups in total. The largest absolute Gasteiger partial charge is 0.497 e. The molecule has 168 valence electrons. The fraction of sp³-hybridized carbons (Fsp3) is 0.440. The maximum atomic E-state index is 13.3. The number of amides is 2. The molecule has 0 aromatic heterocycles. The van der Waals surface area contributed by atoms with Crippen LogP contribution in [0.5, 0.6) is 11.5 Å². The maximum Gasteiger partial charge on any atom is 0.243 e. The molecular formula is C25H34N2O4. The Kier molecular flexibility index (Phi) is 9.38. The Labute approximate surface area is 185 Å². The minimum Gasteiger partial charge on any atom is -0.497 e. The van der Waals surface area contributed by atoms with E-state index < -0.39 is 6.04 Å². The summed E-state index contributed by atoms with van der Waals surface area (Å²) < 4.78 is 10.4. The summed E-state index contributed by atoms with van der Waals surface area (Å²) in [4.78, 5) is 28.0. The molecule has 0 fully saturated rings. The Morgan fingerprint density at radius 2 is 1.39 bits per heavy atom. The third-order valence-corrected chi connectivity index (χ3v) is 5.41. The smallest absolute Gasteiger partial charge is 0.243 e. The number of nitrogens with zero attached hydrogens (tertiary/aromatic N) is 1. The molecule has 2 aromatic carbocycles. The second-order valence-corrected chi connectivity index (χ2v) is 7.64. The van der Waals surface area contributed by atoms with E-state index in [0.717, 1.165) is 29.0 Å². The van der Waals surface area contributed by atoms with E-state index in [1.807, 2.05) is 69.3 Å². The lowest BCUT2D eigenvalue weighted by molar-refractivity contribution is -0.141. The van der Waals surface area contributed by atoms with E-state index in [0.29, 0.717) is 13.0 Å². The van der Waals surface area contributed by atoms with Gasteiger partial charge in [0.1, 0.15) is 17.5 Å². The Bertz CT molecular complexity index is 834. The van der Waals surface area contributed by atoms with Gasteiger partial charge in [-0.25, -0.2) is 0 Å². The van der Waals surface area contributed by atoms with E-state index in [4.69, 9.17) is 9.47 Å². The molecule has 0 aliphatic rings. The van der Waals surface area contributed by atoms with Gasteiger partial charge in [-0.2, -0.15) is 0 Å². The van der Waals surface area contributed by atoms with Crippen LogP contribution in [0.3, 0.4) is 0 Å². The van der Waals surface area contributed by atoms with Crippen molar-refractivity contribution in [1.29, 1.82) is 0 Å². The molecule has 0 bridgehead atoms. The lowest BCUT2D eigenvalue weighted by Crippen LogP contribution is -2.51. The first-order chi connectivity index (χ1) is 14.9. The SMILES string of the molecule is CC[C@@H](C)NC(=O)[C@H](CC)N(Cc1ccc(OC)cc1)C(=O)Cc1ccc(OC)cc1. The van der Waals surface area contributed by atoms with Gasteiger partial charge in [0.15, 0.2) is 0 Å². The van der Waals surface area contributed by atoms with Crippen LogP contribution in [-0.2, 0) is 22.6 Å². The number of rotatable bonds is 11. The maximum absolute atomic E-state index is 13.3. The summed E-state index contributed by atoms with van der Waals surface area (Å²) in [5.74, 6) is 1.28. The van der Waals surface area contributed by atoms with Crippen molar-refractivity contribution < 1.29 is 19.1 Å². The fourth-order valence-corrected chi connectivity index (χ4v) is 3.31. The molecule has 0 heterocycles. The Morgan fingerprint density at radius 1 is 0.871 bits per heavy atom. The highest BCUT2D eigenvalue weighted by molar-refractivity contribution is 5.88. The van der Waals surface area contributed by atoms with Gasteiger partial charge in [-0.05, 0) is 55.2 Å². The minimum absolute atomic E-state index is 0.0566. The molecule has 0 unspecified atom stereocenters. The van der Waals surface area contributed by atoms with Crippen LogP contribution in [-0.4, -0.2) is 43.0 Å². The van der Waals surface area contributed by atoms with Crippen molar-refractivity contribution in [1.82, 2.24) is 10.2 Å². The van der Waals surface area contributed by atoms with Gasteiger partial charge in [0.2, 0.25) is 11.8 Å². The third-order valence-electron chi connectivity index (χ3n) is 5.41. The van der Waals surface area contributed by atoms with Gasteiger partial charge in [-0.15, -0.1) is 0 Å². The van der Waals surface area contributed by atoms with Gasteiger partial charge in [0.25, 0.3) is 0 Å². The van der Waals surface area contributed by atoms with Gasteiger partial charge in [-0.3, -0.25) is 9.59 Å². The predicted octanol–water partition coefficient (Wildman–Crippen LogP) is 3.97. The van der Waals surface area contributed by atoms with E-state index >= 15 is 0 Å². The highest BCUT2D eigenvalue weighted by Gasteiger charge is 2.29. The number of hydrogen-bond acceptors (Lipinski definition) is 4. The Balaban J connectivity index is 2.27. The van der Waals surface area contributed by atoms with Crippen LogP contribution in [0.25, 0.3) is 0 Å². The van der Waals surface area contributed by atoms with Gasteiger partial charge < -0.3 is 19.7 Å². The summed E-state index contributed by atoms with van der Waals surface area (Å²) >= 11 is 0. The molecule has 2 aromatic rings. The average Bonchev–Trinajstić information content (AvgIpc) is 2.79. The van der Waals surface area contributed by atoms with Crippen LogP contribution in [0.2, 0.25) is 0 Å². The summed E-state index contributed by atoms with van der Waals surface area (Å²) in [5, 5.41) is 3.03. The zero-order valence-corrected chi connectivity index (χ0v) is 19.2. The third kappa shape index (κ3) is 7.02. The van der Waals surface area contributed by atoms with Crippen molar-refractivity contribution in [3.8, 4) is 11.5 Å². The molecule has 31 heavy (non-hydrogen) atoms. The highest BCUT2D eigenvalue weighted by Crippen LogP contribution is 2.18. The standard InChI is InChI=1S/C25H34N2O4/c1-6-18(3)26-25(29)23(7-2)27(17-20-10-14-22(31-5)15-11-20)24(28)16-19-8-12-21(30-4)13-9-19/h8-15,18,23H,6-7,16-17H2,1-5H3,(H,26,29)/t18-,23+/m1/s1. The first kappa shape index (κ1) is 24.3.